The Morgan fingerprint density at radius 1 is 1.11 bits per heavy atom. The second-order valence-electron chi connectivity index (χ2n) is 6.71. The first-order valence-electron chi connectivity index (χ1n) is 8.68. The van der Waals surface area contributed by atoms with Crippen molar-refractivity contribution in [1.29, 1.82) is 0 Å². The minimum atomic E-state index is -4.36. The van der Waals surface area contributed by atoms with Crippen LogP contribution in [0.5, 0.6) is 0 Å². The molecule has 0 unspecified atom stereocenters. The van der Waals surface area contributed by atoms with Gasteiger partial charge in [-0.05, 0) is 54.9 Å². The van der Waals surface area contributed by atoms with Crippen molar-refractivity contribution in [3.05, 3.63) is 70.2 Å². The van der Waals surface area contributed by atoms with Gasteiger partial charge >= 0.3 is 6.18 Å². The van der Waals surface area contributed by atoms with Crippen LogP contribution < -0.4 is 5.32 Å². The Balaban J connectivity index is 1.82. The van der Waals surface area contributed by atoms with Crippen LogP contribution in [0.1, 0.15) is 33.8 Å². The predicted molar refractivity (Wildman–Crippen MR) is 99.0 cm³/mol. The molecule has 0 aromatic heterocycles. The molecule has 1 fully saturated rings. The summed E-state index contributed by atoms with van der Waals surface area (Å²) in [6.45, 7) is 1.36. The van der Waals surface area contributed by atoms with Crippen molar-refractivity contribution in [2.75, 3.05) is 20.1 Å². The van der Waals surface area contributed by atoms with Gasteiger partial charge in [-0.1, -0.05) is 23.7 Å². The van der Waals surface area contributed by atoms with E-state index in [-0.39, 0.29) is 17.9 Å². The Morgan fingerprint density at radius 2 is 1.74 bits per heavy atom. The monoisotopic (exact) mass is 396 g/mol. The van der Waals surface area contributed by atoms with Crippen LogP contribution >= 0.6 is 11.6 Å². The Labute approximate surface area is 161 Å². The fraction of sp³-hybridized carbons (Fsp3) is 0.350. The van der Waals surface area contributed by atoms with Crippen LogP contribution in [0, 0.1) is 0 Å². The number of halogens is 4. The highest BCUT2D eigenvalue weighted by molar-refractivity contribution is 6.30. The second kappa shape index (κ2) is 7.90. The SMILES string of the molecule is CN(C(=O)c1ccc(Cl)cc1)[C@@H]1CCNC[C@H]1c1ccc(C(F)(F)F)cc1. The molecule has 27 heavy (non-hydrogen) atoms. The van der Waals surface area contributed by atoms with Crippen LogP contribution in [-0.2, 0) is 6.18 Å². The maximum absolute atomic E-state index is 12.8. The van der Waals surface area contributed by atoms with Crippen LogP contribution in [0.2, 0.25) is 5.02 Å². The van der Waals surface area contributed by atoms with Crippen LogP contribution in [0.3, 0.4) is 0 Å². The minimum absolute atomic E-state index is 0.0812. The summed E-state index contributed by atoms with van der Waals surface area (Å²) in [5.41, 5.74) is 0.653. The third-order valence-corrected chi connectivity index (χ3v) is 5.27. The van der Waals surface area contributed by atoms with Crippen molar-refractivity contribution < 1.29 is 18.0 Å². The van der Waals surface area contributed by atoms with Gasteiger partial charge in [-0.15, -0.1) is 0 Å². The average Bonchev–Trinajstić information content (AvgIpc) is 2.67. The van der Waals surface area contributed by atoms with E-state index in [9.17, 15) is 18.0 Å². The van der Waals surface area contributed by atoms with Gasteiger partial charge in [0.05, 0.1) is 5.56 Å². The molecule has 1 heterocycles. The second-order valence-corrected chi connectivity index (χ2v) is 7.15. The number of carbonyl (C=O) groups excluding carboxylic acids is 1. The topological polar surface area (TPSA) is 32.3 Å². The van der Waals surface area contributed by atoms with Gasteiger partial charge in [0.2, 0.25) is 0 Å². The maximum atomic E-state index is 12.8. The van der Waals surface area contributed by atoms with Gasteiger partial charge in [0.25, 0.3) is 5.91 Å². The summed E-state index contributed by atoms with van der Waals surface area (Å²) in [5.74, 6) is -0.210. The molecule has 0 saturated carbocycles. The lowest BCUT2D eigenvalue weighted by atomic mass is 9.85. The van der Waals surface area contributed by atoms with E-state index in [2.05, 4.69) is 5.32 Å². The Kier molecular flexibility index (Phi) is 5.77. The fourth-order valence-electron chi connectivity index (χ4n) is 3.51. The first kappa shape index (κ1) is 19.7. The molecule has 0 aliphatic carbocycles. The summed E-state index contributed by atoms with van der Waals surface area (Å²) in [4.78, 5) is 14.5. The third-order valence-electron chi connectivity index (χ3n) is 5.02. The minimum Gasteiger partial charge on any atom is -0.338 e. The summed E-state index contributed by atoms with van der Waals surface area (Å²) in [5, 5.41) is 3.83. The van der Waals surface area contributed by atoms with Crippen LogP contribution in [0.4, 0.5) is 13.2 Å². The summed E-state index contributed by atoms with van der Waals surface area (Å²) in [7, 11) is 1.74. The molecule has 0 bridgehead atoms. The predicted octanol–water partition coefficient (Wildman–Crippen LogP) is 4.58. The van der Waals surface area contributed by atoms with E-state index in [0.717, 1.165) is 30.7 Å². The van der Waals surface area contributed by atoms with E-state index < -0.39 is 11.7 Å². The molecule has 1 N–H and O–H groups in total. The Hall–Kier alpha value is -2.05. The lowest BCUT2D eigenvalue weighted by molar-refractivity contribution is -0.137. The van der Waals surface area contributed by atoms with Crippen molar-refractivity contribution >= 4 is 17.5 Å². The molecule has 0 radical (unpaired) electrons. The highest BCUT2D eigenvalue weighted by Gasteiger charge is 2.34. The van der Waals surface area contributed by atoms with Crippen molar-refractivity contribution in [2.24, 2.45) is 0 Å². The van der Waals surface area contributed by atoms with Gasteiger partial charge in [0.15, 0.2) is 0 Å². The van der Waals surface area contributed by atoms with Crippen LogP contribution in [0.15, 0.2) is 48.5 Å². The summed E-state index contributed by atoms with van der Waals surface area (Å²) in [6, 6.07) is 11.8. The molecule has 1 aliphatic heterocycles. The maximum Gasteiger partial charge on any atom is 0.416 e. The molecule has 1 saturated heterocycles. The number of nitrogens with zero attached hydrogens (tertiary/aromatic N) is 1. The standard InChI is InChI=1S/C20H20ClF3N2O/c1-26(19(27)14-4-8-16(21)9-5-14)18-10-11-25-12-17(18)13-2-6-15(7-3-13)20(22,23)24/h2-9,17-18,25H,10-12H2,1H3/t17-,18+/m0/s1. The Morgan fingerprint density at radius 3 is 2.33 bits per heavy atom. The van der Waals surface area contributed by atoms with Gasteiger partial charge in [-0.25, -0.2) is 0 Å². The first-order chi connectivity index (χ1) is 12.8. The quantitative estimate of drug-likeness (QED) is 0.823. The highest BCUT2D eigenvalue weighted by atomic mass is 35.5. The molecule has 3 rings (SSSR count). The Bertz CT molecular complexity index is 790. The van der Waals surface area contributed by atoms with Crippen molar-refractivity contribution in [3.8, 4) is 0 Å². The van der Waals surface area contributed by atoms with E-state index in [1.165, 1.54) is 12.1 Å². The van der Waals surface area contributed by atoms with Crippen LogP contribution in [0.25, 0.3) is 0 Å². The van der Waals surface area contributed by atoms with E-state index in [1.807, 2.05) is 0 Å². The fourth-order valence-corrected chi connectivity index (χ4v) is 3.64. The van der Waals surface area contributed by atoms with E-state index >= 15 is 0 Å². The molecule has 3 nitrogen and oxygen atoms in total. The van der Waals surface area contributed by atoms with Gasteiger partial charge < -0.3 is 10.2 Å². The number of carbonyl (C=O) groups is 1. The molecule has 7 heteroatoms. The lowest BCUT2D eigenvalue weighted by Crippen LogP contribution is -2.49. The van der Waals surface area contributed by atoms with Gasteiger partial charge in [0.1, 0.15) is 0 Å². The largest absolute Gasteiger partial charge is 0.416 e. The molecule has 2 aromatic carbocycles. The average molecular weight is 397 g/mol. The number of rotatable bonds is 3. The van der Waals surface area contributed by atoms with Gasteiger partial charge in [0, 0.05) is 36.1 Å². The zero-order valence-electron chi connectivity index (χ0n) is 14.8. The number of hydrogen-bond acceptors (Lipinski definition) is 2. The number of likely N-dealkylation sites (N-methyl/N-ethyl adjacent to an activating group) is 1. The highest BCUT2D eigenvalue weighted by Crippen LogP contribution is 2.33. The summed E-state index contributed by atoms with van der Waals surface area (Å²) < 4.78 is 38.4. The molecule has 2 atom stereocenters. The molecular weight excluding hydrogens is 377 g/mol. The number of alkyl halides is 3. The summed E-state index contributed by atoms with van der Waals surface area (Å²) in [6.07, 6.45) is -3.63. The first-order valence-corrected chi connectivity index (χ1v) is 9.06. The van der Waals surface area contributed by atoms with E-state index in [0.29, 0.717) is 17.1 Å². The molecule has 1 amide bonds. The van der Waals surface area contributed by atoms with Crippen molar-refractivity contribution in [3.63, 3.8) is 0 Å². The number of benzene rings is 2. The number of piperidine rings is 1. The lowest BCUT2D eigenvalue weighted by Gasteiger charge is -2.39. The molecule has 0 spiro atoms. The number of nitrogens with one attached hydrogen (secondary N) is 1. The van der Waals surface area contributed by atoms with Gasteiger partial charge in [-0.2, -0.15) is 13.2 Å². The molecular formula is C20H20ClF3N2O. The smallest absolute Gasteiger partial charge is 0.338 e. The van der Waals surface area contributed by atoms with E-state index in [4.69, 9.17) is 11.6 Å². The third kappa shape index (κ3) is 4.45. The number of amides is 1. The van der Waals surface area contributed by atoms with Crippen molar-refractivity contribution in [1.82, 2.24) is 10.2 Å². The zero-order valence-corrected chi connectivity index (χ0v) is 15.5. The normalized spacial score (nSPS) is 20.3. The molecule has 2 aromatic rings. The van der Waals surface area contributed by atoms with Crippen molar-refractivity contribution in [2.45, 2.75) is 24.6 Å². The molecule has 144 valence electrons. The zero-order chi connectivity index (χ0) is 19.6. The van der Waals surface area contributed by atoms with Gasteiger partial charge in [-0.3, -0.25) is 4.79 Å². The summed E-state index contributed by atoms with van der Waals surface area (Å²) >= 11 is 5.88. The number of hydrogen-bond donors (Lipinski definition) is 1. The molecule has 1 aliphatic rings. The van der Waals surface area contributed by atoms with Crippen LogP contribution in [-0.4, -0.2) is 37.0 Å². The van der Waals surface area contributed by atoms with E-state index in [1.54, 1.807) is 36.2 Å².